The highest BCUT2D eigenvalue weighted by atomic mass is 35.5. The number of halogens is 1. The first kappa shape index (κ1) is 31.1. The third-order valence-corrected chi connectivity index (χ3v) is 9.38. The molecule has 0 saturated carbocycles. The summed E-state index contributed by atoms with van der Waals surface area (Å²) < 4.78 is 14.9. The first-order valence-electron chi connectivity index (χ1n) is 14.4. The van der Waals surface area contributed by atoms with Gasteiger partial charge in [-0.1, -0.05) is 31.2 Å². The van der Waals surface area contributed by atoms with E-state index in [1.165, 1.54) is 0 Å². The van der Waals surface area contributed by atoms with Gasteiger partial charge in [0.2, 0.25) is 5.91 Å². The zero-order valence-electron chi connectivity index (χ0n) is 25.3. The lowest BCUT2D eigenvalue weighted by Crippen LogP contribution is -2.61. The Balaban J connectivity index is 1.50. The summed E-state index contributed by atoms with van der Waals surface area (Å²) in [6, 6.07) is 5.81. The van der Waals surface area contributed by atoms with Gasteiger partial charge in [0.25, 0.3) is 5.91 Å². The van der Waals surface area contributed by atoms with Crippen molar-refractivity contribution in [3.05, 3.63) is 41.2 Å². The van der Waals surface area contributed by atoms with Gasteiger partial charge < -0.3 is 30.0 Å². The number of nitrogens with two attached hydrogens (primary N) is 1. The quantitative estimate of drug-likeness (QED) is 0.180. The topological polar surface area (TPSA) is 142 Å². The number of nitrogens with one attached hydrogen (secondary N) is 1. The molecule has 1 aromatic carbocycles. The number of ether oxygens (including phenoxy) is 2. The van der Waals surface area contributed by atoms with Gasteiger partial charge in [0.05, 0.1) is 30.4 Å². The number of hydrogen-bond donors (Lipinski definition) is 2. The van der Waals surface area contributed by atoms with Crippen molar-refractivity contribution in [2.75, 3.05) is 33.4 Å². The van der Waals surface area contributed by atoms with Gasteiger partial charge >= 0.3 is 0 Å². The van der Waals surface area contributed by atoms with Crippen LogP contribution in [-0.2, 0) is 27.5 Å². The van der Waals surface area contributed by atoms with Crippen LogP contribution in [0.3, 0.4) is 0 Å². The molecule has 1 fully saturated rings. The lowest BCUT2D eigenvalue weighted by Gasteiger charge is -2.38. The van der Waals surface area contributed by atoms with Gasteiger partial charge in [0, 0.05) is 57.5 Å². The molecule has 3 aromatic heterocycles. The summed E-state index contributed by atoms with van der Waals surface area (Å²) in [5.41, 5.74) is 8.98. The van der Waals surface area contributed by atoms with Crippen molar-refractivity contribution in [3.8, 4) is 11.4 Å². The number of amides is 2. The van der Waals surface area contributed by atoms with Crippen LogP contribution in [0.2, 0.25) is 30.7 Å². The lowest BCUT2D eigenvalue weighted by molar-refractivity contribution is -0.137. The average molecular weight is 627 g/mol. The molecule has 1 saturated heterocycles. The van der Waals surface area contributed by atoms with E-state index in [1.54, 1.807) is 42.0 Å². The number of rotatable bonds is 12. The largest absolute Gasteiger partial charge is 0.383 e. The first-order valence-corrected chi connectivity index (χ1v) is 18.5. The summed E-state index contributed by atoms with van der Waals surface area (Å²) >= 11 is 6.31. The molecule has 43 heavy (non-hydrogen) atoms. The number of carbonyl (C=O) groups excluding carboxylic acids is 2. The molecule has 1 aliphatic rings. The fourth-order valence-corrected chi connectivity index (χ4v) is 5.88. The van der Waals surface area contributed by atoms with Gasteiger partial charge in [0.1, 0.15) is 29.7 Å². The molecule has 1 atom stereocenters. The second-order valence-corrected chi connectivity index (χ2v) is 18.3. The summed E-state index contributed by atoms with van der Waals surface area (Å²) in [7, 11) is 0.361. The first-order chi connectivity index (χ1) is 20.4. The molecule has 0 bridgehead atoms. The SMILES string of the molecule is COCCn1nc(-c2cnc3c(n2)c(C(=O)N[C@H](C)C(=O)N2CC(N)C2)cn3COCC[Si](C)(C)C)c2ccc(Cl)cc21. The Labute approximate surface area is 256 Å². The Morgan fingerprint density at radius 3 is 2.70 bits per heavy atom. The van der Waals surface area contributed by atoms with Crippen molar-refractivity contribution in [2.45, 2.75) is 58.0 Å². The maximum atomic E-state index is 13.6. The van der Waals surface area contributed by atoms with Gasteiger partial charge in [-0.05, 0) is 31.2 Å². The molecule has 12 nitrogen and oxygen atoms in total. The van der Waals surface area contributed by atoms with Crippen LogP contribution < -0.4 is 11.1 Å². The number of carbonyl (C=O) groups is 2. The predicted molar refractivity (Wildman–Crippen MR) is 169 cm³/mol. The predicted octanol–water partition coefficient (Wildman–Crippen LogP) is 3.35. The maximum absolute atomic E-state index is 13.6. The third-order valence-electron chi connectivity index (χ3n) is 7.44. The molecule has 0 aliphatic carbocycles. The van der Waals surface area contributed by atoms with E-state index < -0.39 is 20.0 Å². The van der Waals surface area contributed by atoms with E-state index in [0.29, 0.717) is 66.0 Å². The van der Waals surface area contributed by atoms with Crippen LogP contribution in [0.25, 0.3) is 33.5 Å². The summed E-state index contributed by atoms with van der Waals surface area (Å²) in [4.78, 5) is 37.7. The summed E-state index contributed by atoms with van der Waals surface area (Å²) in [6.07, 6.45) is 3.34. The second kappa shape index (κ2) is 12.7. The highest BCUT2D eigenvalue weighted by Gasteiger charge is 2.32. The Hall–Kier alpha value is -3.36. The van der Waals surface area contributed by atoms with Crippen LogP contribution in [0.1, 0.15) is 17.3 Å². The summed E-state index contributed by atoms with van der Waals surface area (Å²) in [6.45, 7) is 11.3. The Morgan fingerprint density at radius 2 is 2.00 bits per heavy atom. The molecule has 2 amide bonds. The van der Waals surface area contributed by atoms with Gasteiger partial charge in [-0.2, -0.15) is 5.10 Å². The van der Waals surface area contributed by atoms with E-state index in [-0.39, 0.29) is 18.7 Å². The van der Waals surface area contributed by atoms with Crippen molar-refractivity contribution >= 4 is 53.6 Å². The Bertz CT molecular complexity index is 1640. The van der Waals surface area contributed by atoms with E-state index in [2.05, 4.69) is 25.0 Å². The fourth-order valence-electron chi connectivity index (χ4n) is 4.96. The molecular formula is C29H39ClN8O4Si. The van der Waals surface area contributed by atoms with Gasteiger partial charge in [-0.15, -0.1) is 0 Å². The van der Waals surface area contributed by atoms with Crippen molar-refractivity contribution in [1.82, 2.24) is 34.5 Å². The van der Waals surface area contributed by atoms with Crippen LogP contribution >= 0.6 is 11.6 Å². The van der Waals surface area contributed by atoms with E-state index in [0.717, 1.165) is 16.9 Å². The monoisotopic (exact) mass is 626 g/mol. The highest BCUT2D eigenvalue weighted by molar-refractivity contribution is 6.76. The van der Waals surface area contributed by atoms with Gasteiger partial charge in [0.15, 0.2) is 5.65 Å². The van der Waals surface area contributed by atoms with E-state index in [9.17, 15) is 9.59 Å². The number of fused-ring (bicyclic) bond motifs is 2. The molecule has 4 aromatic rings. The Kier molecular flexibility index (Phi) is 9.18. The van der Waals surface area contributed by atoms with Crippen molar-refractivity contribution < 1.29 is 19.1 Å². The lowest BCUT2D eigenvalue weighted by atomic mass is 10.1. The zero-order chi connectivity index (χ0) is 30.9. The number of likely N-dealkylation sites (tertiary alicyclic amines) is 1. The Morgan fingerprint density at radius 1 is 1.23 bits per heavy atom. The number of benzene rings is 1. The van der Waals surface area contributed by atoms with E-state index in [4.69, 9.17) is 41.9 Å². The minimum Gasteiger partial charge on any atom is -0.383 e. The molecular weight excluding hydrogens is 588 g/mol. The minimum atomic E-state index is -1.28. The van der Waals surface area contributed by atoms with E-state index in [1.807, 2.05) is 16.8 Å². The molecule has 230 valence electrons. The van der Waals surface area contributed by atoms with Crippen LogP contribution in [0.15, 0.2) is 30.6 Å². The van der Waals surface area contributed by atoms with Crippen LogP contribution in [0, 0.1) is 0 Å². The number of hydrogen-bond acceptors (Lipinski definition) is 8. The summed E-state index contributed by atoms with van der Waals surface area (Å²) in [5.74, 6) is -0.600. The van der Waals surface area contributed by atoms with Gasteiger partial charge in [-0.25, -0.2) is 9.97 Å². The van der Waals surface area contributed by atoms with Crippen molar-refractivity contribution in [1.29, 1.82) is 0 Å². The molecule has 3 N–H and O–H groups in total. The molecule has 1 aliphatic heterocycles. The summed E-state index contributed by atoms with van der Waals surface area (Å²) in [5, 5.41) is 9.09. The fraction of sp³-hybridized carbons (Fsp3) is 0.483. The smallest absolute Gasteiger partial charge is 0.255 e. The minimum absolute atomic E-state index is 0.0236. The standard InChI is InChI=1S/C29H39ClN8O4Si/c1-18(29(40)36-14-20(31)15-36)33-28(39)22-16-37(17-42-10-11-43(3,4)5)27-26(22)34-23(13-32-27)25-21-7-6-19(30)12-24(21)38(35-25)8-9-41-2/h6-7,12-13,16,18,20H,8-11,14-15,17,31H2,1-5H3,(H,33,39)/t18-/m1/s1. The molecule has 4 heterocycles. The van der Waals surface area contributed by atoms with E-state index >= 15 is 0 Å². The van der Waals surface area contributed by atoms with Crippen LogP contribution in [0.4, 0.5) is 0 Å². The van der Waals surface area contributed by atoms with Crippen LogP contribution in [0.5, 0.6) is 0 Å². The van der Waals surface area contributed by atoms with Crippen molar-refractivity contribution in [3.63, 3.8) is 0 Å². The highest BCUT2D eigenvalue weighted by Crippen LogP contribution is 2.30. The van der Waals surface area contributed by atoms with Crippen LogP contribution in [-0.4, -0.2) is 94.6 Å². The second-order valence-electron chi connectivity index (χ2n) is 12.2. The number of aromatic nitrogens is 5. The van der Waals surface area contributed by atoms with Gasteiger partial charge in [-0.3, -0.25) is 14.3 Å². The number of nitrogens with zero attached hydrogens (tertiary/aromatic N) is 6. The zero-order valence-corrected chi connectivity index (χ0v) is 27.0. The molecule has 5 rings (SSSR count). The molecule has 0 radical (unpaired) electrons. The number of methoxy groups -OCH3 is 1. The van der Waals surface area contributed by atoms with Crippen molar-refractivity contribution in [2.24, 2.45) is 5.73 Å². The molecule has 0 spiro atoms. The maximum Gasteiger partial charge on any atom is 0.255 e. The molecule has 14 heteroatoms. The third kappa shape index (κ3) is 6.91. The normalized spacial score (nSPS) is 14.8. The average Bonchev–Trinajstić information content (AvgIpc) is 3.49. The molecule has 0 unspecified atom stereocenters.